The van der Waals surface area contributed by atoms with Gasteiger partial charge in [-0.15, -0.1) is 0 Å². The smallest absolute Gasteiger partial charge is 0.255 e. The van der Waals surface area contributed by atoms with E-state index in [0.717, 1.165) is 22.9 Å². The standard InChI is InChI=1S/C17H17N3O3/c1-2-19-7-10-5-12-9-20(14-3-4-15(21)18-16(14)22)17(23)13(12)6-11(10)8-19/h5-8,14H,2-4,9H2,1H3,(H,18,21,22). The first kappa shape index (κ1) is 14.0. The van der Waals surface area contributed by atoms with E-state index in [1.165, 1.54) is 0 Å². The van der Waals surface area contributed by atoms with Crippen LogP contribution in [0.3, 0.4) is 0 Å². The lowest BCUT2D eigenvalue weighted by molar-refractivity contribution is -0.136. The average Bonchev–Trinajstić information content (AvgIpc) is 3.06. The lowest BCUT2D eigenvalue weighted by Gasteiger charge is -2.29. The number of hydrogen-bond acceptors (Lipinski definition) is 3. The monoisotopic (exact) mass is 311 g/mol. The summed E-state index contributed by atoms with van der Waals surface area (Å²) in [6.45, 7) is 3.38. The molecule has 2 aromatic rings. The van der Waals surface area contributed by atoms with E-state index in [0.29, 0.717) is 18.5 Å². The minimum atomic E-state index is -0.553. The molecule has 0 spiro atoms. The van der Waals surface area contributed by atoms with Gasteiger partial charge in [-0.2, -0.15) is 0 Å². The van der Waals surface area contributed by atoms with E-state index in [9.17, 15) is 14.4 Å². The van der Waals surface area contributed by atoms with Crippen LogP contribution in [0, 0.1) is 0 Å². The lowest BCUT2D eigenvalue weighted by atomic mass is 10.0. The number of piperidine rings is 1. The van der Waals surface area contributed by atoms with Gasteiger partial charge in [-0.3, -0.25) is 19.7 Å². The molecular formula is C17H17N3O3. The summed E-state index contributed by atoms with van der Waals surface area (Å²) in [7, 11) is 0. The minimum absolute atomic E-state index is 0.124. The molecule has 3 heterocycles. The molecule has 0 bridgehead atoms. The summed E-state index contributed by atoms with van der Waals surface area (Å²) in [4.78, 5) is 37.6. The molecular weight excluding hydrogens is 294 g/mol. The Balaban J connectivity index is 1.68. The van der Waals surface area contributed by atoms with Gasteiger partial charge in [-0.05, 0) is 36.4 Å². The number of carbonyl (C=O) groups is 3. The predicted molar refractivity (Wildman–Crippen MR) is 83.7 cm³/mol. The van der Waals surface area contributed by atoms with Crippen molar-refractivity contribution in [3.8, 4) is 0 Å². The zero-order valence-electron chi connectivity index (χ0n) is 12.8. The molecule has 0 aliphatic carbocycles. The normalized spacial score (nSPS) is 21.0. The zero-order chi connectivity index (χ0) is 16.1. The molecule has 2 aliphatic rings. The number of nitrogens with one attached hydrogen (secondary N) is 1. The fourth-order valence-corrected chi connectivity index (χ4v) is 3.45. The molecule has 2 aliphatic heterocycles. The lowest BCUT2D eigenvalue weighted by Crippen LogP contribution is -2.52. The van der Waals surface area contributed by atoms with Crippen molar-refractivity contribution in [3.05, 3.63) is 35.7 Å². The Morgan fingerprint density at radius 3 is 2.61 bits per heavy atom. The highest BCUT2D eigenvalue weighted by atomic mass is 16.2. The maximum atomic E-state index is 12.7. The van der Waals surface area contributed by atoms with Crippen LogP contribution in [0.1, 0.15) is 35.7 Å². The molecule has 4 rings (SSSR count). The minimum Gasteiger partial charge on any atom is -0.353 e. The number of rotatable bonds is 2. The number of nitrogens with zero attached hydrogens (tertiary/aromatic N) is 2. The van der Waals surface area contributed by atoms with Crippen molar-refractivity contribution in [1.29, 1.82) is 0 Å². The predicted octanol–water partition coefficient (Wildman–Crippen LogP) is 1.42. The second-order valence-electron chi connectivity index (χ2n) is 6.13. The molecule has 1 atom stereocenters. The van der Waals surface area contributed by atoms with Gasteiger partial charge >= 0.3 is 0 Å². The second-order valence-corrected chi connectivity index (χ2v) is 6.13. The third kappa shape index (κ3) is 2.13. The van der Waals surface area contributed by atoms with Crippen LogP contribution in [0.5, 0.6) is 0 Å². The first-order valence-electron chi connectivity index (χ1n) is 7.84. The maximum Gasteiger partial charge on any atom is 0.255 e. The number of amides is 3. The van der Waals surface area contributed by atoms with Crippen molar-refractivity contribution in [1.82, 2.24) is 14.8 Å². The van der Waals surface area contributed by atoms with Gasteiger partial charge in [0.1, 0.15) is 6.04 Å². The number of carbonyl (C=O) groups excluding carboxylic acids is 3. The first-order valence-corrected chi connectivity index (χ1v) is 7.84. The number of hydrogen-bond donors (Lipinski definition) is 1. The summed E-state index contributed by atoms with van der Waals surface area (Å²) >= 11 is 0. The fourth-order valence-electron chi connectivity index (χ4n) is 3.45. The van der Waals surface area contributed by atoms with E-state index in [2.05, 4.69) is 23.0 Å². The highest BCUT2D eigenvalue weighted by Gasteiger charge is 2.39. The van der Waals surface area contributed by atoms with Gasteiger partial charge in [0.25, 0.3) is 5.91 Å². The van der Waals surface area contributed by atoms with Crippen LogP contribution in [-0.2, 0) is 22.7 Å². The molecule has 23 heavy (non-hydrogen) atoms. The SMILES string of the molecule is CCn1cc2cc3c(cc2c1)C(=O)N(C1CCC(=O)NC1=O)C3. The van der Waals surface area contributed by atoms with E-state index < -0.39 is 6.04 Å². The summed E-state index contributed by atoms with van der Waals surface area (Å²) in [5.74, 6) is -0.760. The molecule has 6 nitrogen and oxygen atoms in total. The van der Waals surface area contributed by atoms with Gasteiger partial charge in [0.15, 0.2) is 0 Å². The van der Waals surface area contributed by atoms with Gasteiger partial charge in [-0.25, -0.2) is 0 Å². The number of aromatic nitrogens is 1. The molecule has 1 saturated heterocycles. The summed E-state index contributed by atoms with van der Waals surface area (Å²) in [5, 5.41) is 4.45. The van der Waals surface area contributed by atoms with E-state index >= 15 is 0 Å². The van der Waals surface area contributed by atoms with Gasteiger partial charge in [0.05, 0.1) is 0 Å². The van der Waals surface area contributed by atoms with Crippen molar-refractivity contribution in [2.45, 2.75) is 38.9 Å². The van der Waals surface area contributed by atoms with Crippen LogP contribution in [0.25, 0.3) is 10.8 Å². The van der Waals surface area contributed by atoms with Gasteiger partial charge in [0, 0.05) is 42.9 Å². The van der Waals surface area contributed by atoms with Crippen molar-refractivity contribution in [2.24, 2.45) is 0 Å². The van der Waals surface area contributed by atoms with Crippen LogP contribution in [0.15, 0.2) is 24.5 Å². The average molecular weight is 311 g/mol. The van der Waals surface area contributed by atoms with Crippen molar-refractivity contribution in [2.75, 3.05) is 0 Å². The van der Waals surface area contributed by atoms with Crippen LogP contribution in [0.4, 0.5) is 0 Å². The fraction of sp³-hybridized carbons (Fsp3) is 0.353. The molecule has 1 N–H and O–H groups in total. The molecule has 6 heteroatoms. The van der Waals surface area contributed by atoms with Gasteiger partial charge in [0.2, 0.25) is 11.8 Å². The second kappa shape index (κ2) is 4.94. The molecule has 0 radical (unpaired) electrons. The van der Waals surface area contributed by atoms with Crippen LogP contribution in [0.2, 0.25) is 0 Å². The third-order valence-electron chi connectivity index (χ3n) is 4.70. The Kier molecular flexibility index (Phi) is 3.01. The molecule has 1 fully saturated rings. The van der Waals surface area contributed by atoms with E-state index in [1.54, 1.807) is 4.90 Å². The van der Waals surface area contributed by atoms with Crippen LogP contribution < -0.4 is 5.32 Å². The van der Waals surface area contributed by atoms with E-state index in [1.807, 2.05) is 18.3 Å². The molecule has 0 saturated carbocycles. The third-order valence-corrected chi connectivity index (χ3v) is 4.70. The molecule has 1 aromatic carbocycles. The Labute approximate surface area is 133 Å². The summed E-state index contributed by atoms with van der Waals surface area (Å²) in [6, 6.07) is 3.38. The quantitative estimate of drug-likeness (QED) is 0.853. The number of fused-ring (bicyclic) bond motifs is 2. The van der Waals surface area contributed by atoms with Crippen molar-refractivity contribution >= 4 is 28.5 Å². The van der Waals surface area contributed by atoms with E-state index in [4.69, 9.17) is 0 Å². The molecule has 118 valence electrons. The first-order chi connectivity index (χ1) is 11.1. The van der Waals surface area contributed by atoms with Crippen molar-refractivity contribution in [3.63, 3.8) is 0 Å². The molecule has 1 aromatic heterocycles. The molecule has 3 amide bonds. The Morgan fingerprint density at radius 2 is 1.91 bits per heavy atom. The van der Waals surface area contributed by atoms with Crippen molar-refractivity contribution < 1.29 is 14.4 Å². The van der Waals surface area contributed by atoms with Gasteiger partial charge in [-0.1, -0.05) is 0 Å². The number of aryl methyl sites for hydroxylation is 1. The summed E-state index contributed by atoms with van der Waals surface area (Å²) in [5.41, 5.74) is 1.61. The topological polar surface area (TPSA) is 71.4 Å². The largest absolute Gasteiger partial charge is 0.353 e. The Hall–Kier alpha value is -2.63. The summed E-state index contributed by atoms with van der Waals surface area (Å²) < 4.78 is 2.09. The highest BCUT2D eigenvalue weighted by molar-refractivity contribution is 6.07. The van der Waals surface area contributed by atoms with E-state index in [-0.39, 0.29) is 24.1 Å². The molecule has 1 unspecified atom stereocenters. The maximum absolute atomic E-state index is 12.7. The number of imide groups is 1. The van der Waals surface area contributed by atoms with Crippen LogP contribution >= 0.6 is 0 Å². The Morgan fingerprint density at radius 1 is 1.17 bits per heavy atom. The van der Waals surface area contributed by atoms with Crippen LogP contribution in [-0.4, -0.2) is 33.2 Å². The zero-order valence-corrected chi connectivity index (χ0v) is 12.8. The summed E-state index contributed by atoms with van der Waals surface area (Å²) in [6.07, 6.45) is 4.76. The van der Waals surface area contributed by atoms with Gasteiger partial charge < -0.3 is 9.47 Å². The number of benzene rings is 1. The highest BCUT2D eigenvalue weighted by Crippen LogP contribution is 2.31. The Bertz CT molecular complexity index is 852.